The lowest BCUT2D eigenvalue weighted by Crippen LogP contribution is -1.97. The Labute approximate surface area is 94.6 Å². The molecule has 0 bridgehead atoms. The van der Waals surface area contributed by atoms with Crippen molar-refractivity contribution < 1.29 is 4.74 Å². The molecule has 0 aliphatic rings. The molecule has 16 heavy (non-hydrogen) atoms. The monoisotopic (exact) mass is 214 g/mol. The summed E-state index contributed by atoms with van der Waals surface area (Å²) in [6.45, 7) is 0. The molecular formula is C13H14N2O. The summed E-state index contributed by atoms with van der Waals surface area (Å²) in [4.78, 5) is 0. The van der Waals surface area contributed by atoms with Gasteiger partial charge in [0.25, 0.3) is 0 Å². The Morgan fingerprint density at radius 3 is 2.31 bits per heavy atom. The van der Waals surface area contributed by atoms with E-state index >= 15 is 0 Å². The number of ether oxygens (including phenoxy) is 1. The molecule has 2 rings (SSSR count). The van der Waals surface area contributed by atoms with Crippen LogP contribution in [0.3, 0.4) is 0 Å². The van der Waals surface area contributed by atoms with Crippen LogP contribution in [0.5, 0.6) is 5.75 Å². The minimum atomic E-state index is 0.586. The SMILES string of the molecule is COc1ccccc1-c1cccc(N)c1N. The van der Waals surface area contributed by atoms with Crippen molar-refractivity contribution in [3.8, 4) is 16.9 Å². The third kappa shape index (κ3) is 1.67. The van der Waals surface area contributed by atoms with Crippen molar-refractivity contribution in [2.24, 2.45) is 0 Å². The summed E-state index contributed by atoms with van der Waals surface area (Å²) in [5.41, 5.74) is 14.8. The zero-order chi connectivity index (χ0) is 11.5. The number of nitrogen functional groups attached to an aromatic ring is 2. The number of hydrogen-bond donors (Lipinski definition) is 2. The first-order valence-corrected chi connectivity index (χ1v) is 5.01. The van der Waals surface area contributed by atoms with Crippen LogP contribution in [-0.4, -0.2) is 7.11 Å². The van der Waals surface area contributed by atoms with Crippen molar-refractivity contribution >= 4 is 11.4 Å². The Bertz CT molecular complexity index is 509. The molecule has 4 N–H and O–H groups in total. The fraction of sp³-hybridized carbons (Fsp3) is 0.0769. The van der Waals surface area contributed by atoms with Crippen LogP contribution >= 0.6 is 0 Å². The van der Waals surface area contributed by atoms with Crippen LogP contribution in [-0.2, 0) is 0 Å². The Morgan fingerprint density at radius 2 is 1.56 bits per heavy atom. The molecule has 3 heteroatoms. The fourth-order valence-electron chi connectivity index (χ4n) is 1.69. The van der Waals surface area contributed by atoms with E-state index in [2.05, 4.69) is 0 Å². The molecule has 0 spiro atoms. The predicted molar refractivity (Wildman–Crippen MR) is 67.3 cm³/mol. The molecule has 0 saturated heterocycles. The maximum atomic E-state index is 5.96. The van der Waals surface area contributed by atoms with Gasteiger partial charge in [-0.3, -0.25) is 0 Å². The number of methoxy groups -OCH3 is 1. The fourth-order valence-corrected chi connectivity index (χ4v) is 1.69. The highest BCUT2D eigenvalue weighted by Gasteiger charge is 2.09. The van der Waals surface area contributed by atoms with Crippen molar-refractivity contribution in [2.75, 3.05) is 18.6 Å². The first-order chi connectivity index (χ1) is 7.74. The number of anilines is 2. The molecule has 82 valence electrons. The van der Waals surface area contributed by atoms with E-state index in [1.54, 1.807) is 13.2 Å². The highest BCUT2D eigenvalue weighted by atomic mass is 16.5. The first-order valence-electron chi connectivity index (χ1n) is 5.01. The lowest BCUT2D eigenvalue weighted by Gasteiger charge is -2.11. The number of benzene rings is 2. The molecule has 0 amide bonds. The molecule has 0 fully saturated rings. The van der Waals surface area contributed by atoms with Gasteiger partial charge in [0, 0.05) is 11.1 Å². The van der Waals surface area contributed by atoms with E-state index in [1.807, 2.05) is 36.4 Å². The highest BCUT2D eigenvalue weighted by Crippen LogP contribution is 2.35. The third-order valence-corrected chi connectivity index (χ3v) is 2.54. The average molecular weight is 214 g/mol. The highest BCUT2D eigenvalue weighted by molar-refractivity contribution is 5.86. The van der Waals surface area contributed by atoms with E-state index in [1.165, 1.54) is 0 Å². The van der Waals surface area contributed by atoms with Crippen molar-refractivity contribution in [1.29, 1.82) is 0 Å². The molecule has 0 radical (unpaired) electrons. The quantitative estimate of drug-likeness (QED) is 0.755. The maximum Gasteiger partial charge on any atom is 0.126 e. The van der Waals surface area contributed by atoms with Crippen LogP contribution in [0.25, 0.3) is 11.1 Å². The molecule has 0 heterocycles. The summed E-state index contributed by atoms with van der Waals surface area (Å²) in [6.07, 6.45) is 0. The van der Waals surface area contributed by atoms with Gasteiger partial charge in [0.15, 0.2) is 0 Å². The number of hydrogen-bond acceptors (Lipinski definition) is 3. The van der Waals surface area contributed by atoms with Crippen molar-refractivity contribution in [3.63, 3.8) is 0 Å². The Morgan fingerprint density at radius 1 is 0.875 bits per heavy atom. The van der Waals surface area contributed by atoms with Gasteiger partial charge in [-0.05, 0) is 12.1 Å². The second-order valence-electron chi connectivity index (χ2n) is 3.51. The predicted octanol–water partition coefficient (Wildman–Crippen LogP) is 2.53. The molecule has 0 aliphatic heterocycles. The van der Waals surface area contributed by atoms with Gasteiger partial charge in [0.1, 0.15) is 5.75 Å². The lowest BCUT2D eigenvalue weighted by molar-refractivity contribution is 0.416. The first kappa shape index (κ1) is 10.4. The number of para-hydroxylation sites is 2. The van der Waals surface area contributed by atoms with Crippen LogP contribution in [0.4, 0.5) is 11.4 Å². The second-order valence-corrected chi connectivity index (χ2v) is 3.51. The molecule has 0 saturated carbocycles. The van der Waals surface area contributed by atoms with E-state index in [0.29, 0.717) is 11.4 Å². The normalized spacial score (nSPS) is 10.1. The molecule has 3 nitrogen and oxygen atoms in total. The number of rotatable bonds is 2. The molecule has 2 aromatic carbocycles. The van der Waals surface area contributed by atoms with E-state index in [4.69, 9.17) is 16.2 Å². The summed E-state index contributed by atoms with van der Waals surface area (Å²) in [5.74, 6) is 0.791. The topological polar surface area (TPSA) is 61.3 Å². The van der Waals surface area contributed by atoms with Gasteiger partial charge >= 0.3 is 0 Å². The Balaban J connectivity index is 2.63. The largest absolute Gasteiger partial charge is 0.496 e. The van der Waals surface area contributed by atoms with Crippen molar-refractivity contribution in [2.45, 2.75) is 0 Å². The summed E-state index contributed by atoms with van der Waals surface area (Å²) in [7, 11) is 1.64. The molecule has 0 atom stereocenters. The summed E-state index contributed by atoms with van der Waals surface area (Å²) in [6, 6.07) is 13.3. The van der Waals surface area contributed by atoms with Crippen LogP contribution in [0.15, 0.2) is 42.5 Å². The number of nitrogens with two attached hydrogens (primary N) is 2. The van der Waals surface area contributed by atoms with Crippen LogP contribution in [0.2, 0.25) is 0 Å². The molecular weight excluding hydrogens is 200 g/mol. The lowest BCUT2D eigenvalue weighted by atomic mass is 10.0. The van der Waals surface area contributed by atoms with Gasteiger partial charge in [0.2, 0.25) is 0 Å². The Hall–Kier alpha value is -2.16. The zero-order valence-corrected chi connectivity index (χ0v) is 9.10. The summed E-state index contributed by atoms with van der Waals surface area (Å²) < 4.78 is 5.30. The van der Waals surface area contributed by atoms with Crippen molar-refractivity contribution in [3.05, 3.63) is 42.5 Å². The second kappa shape index (κ2) is 4.14. The molecule has 2 aromatic rings. The smallest absolute Gasteiger partial charge is 0.126 e. The van der Waals surface area contributed by atoms with Crippen LogP contribution in [0.1, 0.15) is 0 Å². The van der Waals surface area contributed by atoms with E-state index < -0.39 is 0 Å². The van der Waals surface area contributed by atoms with Gasteiger partial charge in [0.05, 0.1) is 18.5 Å². The van der Waals surface area contributed by atoms with E-state index in [9.17, 15) is 0 Å². The molecule has 0 unspecified atom stereocenters. The molecule has 0 aromatic heterocycles. The minimum absolute atomic E-state index is 0.586. The third-order valence-electron chi connectivity index (χ3n) is 2.54. The summed E-state index contributed by atoms with van der Waals surface area (Å²) in [5, 5.41) is 0. The average Bonchev–Trinajstić information content (AvgIpc) is 2.33. The Kier molecular flexibility index (Phi) is 2.68. The van der Waals surface area contributed by atoms with Gasteiger partial charge in [-0.2, -0.15) is 0 Å². The van der Waals surface area contributed by atoms with E-state index in [0.717, 1.165) is 16.9 Å². The maximum absolute atomic E-state index is 5.96. The van der Waals surface area contributed by atoms with Crippen LogP contribution < -0.4 is 16.2 Å². The minimum Gasteiger partial charge on any atom is -0.496 e. The molecule has 0 aliphatic carbocycles. The van der Waals surface area contributed by atoms with E-state index in [-0.39, 0.29) is 0 Å². The van der Waals surface area contributed by atoms with Gasteiger partial charge in [-0.1, -0.05) is 30.3 Å². The standard InChI is InChI=1S/C13H14N2O/c1-16-12-8-3-2-5-9(12)10-6-4-7-11(14)13(10)15/h2-8H,14-15H2,1H3. The zero-order valence-electron chi connectivity index (χ0n) is 9.10. The van der Waals surface area contributed by atoms with Gasteiger partial charge in [-0.25, -0.2) is 0 Å². The van der Waals surface area contributed by atoms with Gasteiger partial charge in [-0.15, -0.1) is 0 Å². The van der Waals surface area contributed by atoms with Crippen LogP contribution in [0, 0.1) is 0 Å². The van der Waals surface area contributed by atoms with Gasteiger partial charge < -0.3 is 16.2 Å². The summed E-state index contributed by atoms with van der Waals surface area (Å²) >= 11 is 0. The van der Waals surface area contributed by atoms with Crippen molar-refractivity contribution in [1.82, 2.24) is 0 Å².